The summed E-state index contributed by atoms with van der Waals surface area (Å²) in [5.74, 6) is 0. The summed E-state index contributed by atoms with van der Waals surface area (Å²) >= 11 is 0. The number of nitrogens with zero attached hydrogens (tertiary/aromatic N) is 2. The maximum Gasteiger partial charge on any atom is 0.181 e. The standard InChI is InChI=1S/C7H5NO.N/c1-2-4-7-6(3-1)8-5-9-7;/h1-5H;. The van der Waals surface area contributed by atoms with Crippen molar-refractivity contribution in [3.8, 4) is 0 Å². The number of hydrogen-bond donors (Lipinski definition) is 0. The molecule has 0 N–H and O–H groups in total. The lowest BCUT2D eigenvalue weighted by Crippen LogP contribution is -1.61. The van der Waals surface area contributed by atoms with Crippen molar-refractivity contribution in [3.63, 3.8) is 0 Å². The second kappa shape index (κ2) is 2.49. The van der Waals surface area contributed by atoms with Crippen LogP contribution in [0.1, 0.15) is 0 Å². The van der Waals surface area contributed by atoms with E-state index in [4.69, 9.17) is 4.42 Å². The molecule has 3 radical (unpaired) electrons. The molecule has 1 aromatic carbocycles. The Morgan fingerprint density at radius 1 is 1.20 bits per heavy atom. The zero-order valence-corrected chi connectivity index (χ0v) is 5.19. The summed E-state index contributed by atoms with van der Waals surface area (Å²) in [5, 5.41) is 0. The zero-order chi connectivity index (χ0) is 6.10. The molecule has 3 heteroatoms. The topological polar surface area (TPSA) is 56.5 Å². The van der Waals surface area contributed by atoms with Gasteiger partial charge >= 0.3 is 0 Å². The Hall–Kier alpha value is -1.35. The van der Waals surface area contributed by atoms with E-state index in [1.54, 1.807) is 0 Å². The van der Waals surface area contributed by atoms with E-state index in [0.717, 1.165) is 11.1 Å². The van der Waals surface area contributed by atoms with Gasteiger partial charge in [-0.3, -0.25) is 0 Å². The minimum Gasteiger partial charge on any atom is -0.443 e. The van der Waals surface area contributed by atoms with Gasteiger partial charge in [-0.2, -0.15) is 0 Å². The average Bonchev–Trinajstić information content (AvgIpc) is 2.33. The minimum atomic E-state index is 0. The molecule has 2 aromatic rings. The maximum atomic E-state index is 5.01. The van der Waals surface area contributed by atoms with E-state index >= 15 is 0 Å². The molecule has 0 aliphatic carbocycles. The van der Waals surface area contributed by atoms with Crippen molar-refractivity contribution in [2.24, 2.45) is 0 Å². The molecule has 0 amide bonds. The van der Waals surface area contributed by atoms with Crippen molar-refractivity contribution in [2.45, 2.75) is 0 Å². The van der Waals surface area contributed by atoms with Crippen molar-refractivity contribution < 1.29 is 4.42 Å². The van der Waals surface area contributed by atoms with Gasteiger partial charge in [0.15, 0.2) is 12.0 Å². The number of fused-ring (bicyclic) bond motifs is 1. The highest BCUT2D eigenvalue weighted by molar-refractivity contribution is 5.71. The number of benzene rings is 1. The largest absolute Gasteiger partial charge is 0.443 e. The molecule has 2 rings (SSSR count). The van der Waals surface area contributed by atoms with Crippen LogP contribution in [0, 0.1) is 0 Å². The summed E-state index contributed by atoms with van der Waals surface area (Å²) in [4.78, 5) is 3.95. The van der Waals surface area contributed by atoms with E-state index in [9.17, 15) is 0 Å². The van der Waals surface area contributed by atoms with Crippen LogP contribution in [0.2, 0.25) is 0 Å². The highest BCUT2D eigenvalue weighted by Crippen LogP contribution is 2.09. The molecule has 0 unspecified atom stereocenters. The number of oxazole rings is 1. The molecule has 1 aromatic heterocycles. The Kier molecular flexibility index (Phi) is 1.69. The quantitative estimate of drug-likeness (QED) is 0.544. The fourth-order valence-corrected chi connectivity index (χ4v) is 0.803. The van der Waals surface area contributed by atoms with Gasteiger partial charge < -0.3 is 4.42 Å². The van der Waals surface area contributed by atoms with Crippen molar-refractivity contribution >= 4 is 11.1 Å². The van der Waals surface area contributed by atoms with Crippen LogP contribution in [0.25, 0.3) is 11.1 Å². The van der Waals surface area contributed by atoms with Crippen LogP contribution < -0.4 is 6.15 Å². The third-order valence-electron chi connectivity index (χ3n) is 1.24. The fraction of sp³-hybridized carbons (Fsp3) is 0. The first-order valence-corrected chi connectivity index (χ1v) is 2.75. The third kappa shape index (κ3) is 0.867. The van der Waals surface area contributed by atoms with Gasteiger partial charge in [0.25, 0.3) is 0 Å². The highest BCUT2D eigenvalue weighted by atomic mass is 16.3. The van der Waals surface area contributed by atoms with Gasteiger partial charge in [-0.15, -0.1) is 0 Å². The molecule has 0 aliphatic heterocycles. The smallest absolute Gasteiger partial charge is 0.181 e. The van der Waals surface area contributed by atoms with E-state index in [2.05, 4.69) is 4.98 Å². The van der Waals surface area contributed by atoms with Gasteiger partial charge in [-0.1, -0.05) is 12.1 Å². The number of rotatable bonds is 0. The van der Waals surface area contributed by atoms with Gasteiger partial charge in [0, 0.05) is 6.15 Å². The van der Waals surface area contributed by atoms with Crippen LogP contribution in [-0.4, -0.2) is 4.98 Å². The lowest BCUT2D eigenvalue weighted by Gasteiger charge is -1.79. The molecular formula is C7H5N2O. The second-order valence-corrected chi connectivity index (χ2v) is 1.82. The molecule has 0 bridgehead atoms. The molecule has 1 heterocycles. The molecule has 0 fully saturated rings. The lowest BCUT2D eigenvalue weighted by molar-refractivity contribution is 0.602. The van der Waals surface area contributed by atoms with E-state index < -0.39 is 0 Å². The summed E-state index contributed by atoms with van der Waals surface area (Å²) in [7, 11) is 0. The Labute approximate surface area is 58.3 Å². The lowest BCUT2D eigenvalue weighted by atomic mass is 10.3. The first-order valence-electron chi connectivity index (χ1n) is 2.75. The Morgan fingerprint density at radius 3 is 2.80 bits per heavy atom. The van der Waals surface area contributed by atoms with E-state index in [1.807, 2.05) is 24.3 Å². The molecular weight excluding hydrogens is 128 g/mol. The number of aromatic nitrogens is 1. The molecule has 3 nitrogen and oxygen atoms in total. The van der Waals surface area contributed by atoms with Gasteiger partial charge in [-0.25, -0.2) is 4.98 Å². The SMILES string of the molecule is [N].c1ccc2ocnc2c1. The first kappa shape index (κ1) is 6.77. The predicted octanol–water partition coefficient (Wildman–Crippen LogP) is 1.35. The molecule has 0 saturated heterocycles. The first-order chi connectivity index (χ1) is 4.47. The van der Waals surface area contributed by atoms with Gasteiger partial charge in [-0.05, 0) is 12.1 Å². The Balaban J connectivity index is 0.000000500. The number of para-hydroxylation sites is 2. The molecule has 49 valence electrons. The van der Waals surface area contributed by atoms with Gasteiger partial charge in [0.1, 0.15) is 5.52 Å². The summed E-state index contributed by atoms with van der Waals surface area (Å²) in [6, 6.07) is 7.67. The fourth-order valence-electron chi connectivity index (χ4n) is 0.803. The van der Waals surface area contributed by atoms with E-state index in [0.29, 0.717) is 0 Å². The summed E-state index contributed by atoms with van der Waals surface area (Å²) in [6.45, 7) is 0. The van der Waals surface area contributed by atoms with Crippen molar-refractivity contribution in [1.29, 1.82) is 0 Å². The third-order valence-corrected chi connectivity index (χ3v) is 1.24. The monoisotopic (exact) mass is 133 g/mol. The van der Waals surface area contributed by atoms with Crippen molar-refractivity contribution in [2.75, 3.05) is 0 Å². The predicted molar refractivity (Wildman–Crippen MR) is 36.1 cm³/mol. The van der Waals surface area contributed by atoms with Gasteiger partial charge in [0.05, 0.1) is 0 Å². The van der Waals surface area contributed by atoms with Crippen molar-refractivity contribution in [3.05, 3.63) is 30.7 Å². The van der Waals surface area contributed by atoms with Crippen LogP contribution in [-0.2, 0) is 0 Å². The summed E-state index contributed by atoms with van der Waals surface area (Å²) in [6.07, 6.45) is 1.45. The molecule has 0 atom stereocenters. The van der Waals surface area contributed by atoms with Crippen LogP contribution in [0.15, 0.2) is 35.1 Å². The van der Waals surface area contributed by atoms with Gasteiger partial charge in [0.2, 0.25) is 0 Å². The normalized spacial score (nSPS) is 9.20. The van der Waals surface area contributed by atoms with Crippen LogP contribution in [0.3, 0.4) is 0 Å². The molecule has 0 aliphatic rings. The van der Waals surface area contributed by atoms with Crippen LogP contribution >= 0.6 is 0 Å². The summed E-state index contributed by atoms with van der Waals surface area (Å²) in [5.41, 5.74) is 1.76. The maximum absolute atomic E-state index is 5.01. The Morgan fingerprint density at radius 2 is 2.00 bits per heavy atom. The zero-order valence-electron chi connectivity index (χ0n) is 5.19. The van der Waals surface area contributed by atoms with E-state index in [1.165, 1.54) is 6.39 Å². The molecule has 10 heavy (non-hydrogen) atoms. The van der Waals surface area contributed by atoms with Crippen molar-refractivity contribution in [1.82, 2.24) is 11.1 Å². The van der Waals surface area contributed by atoms with E-state index in [-0.39, 0.29) is 6.15 Å². The second-order valence-electron chi connectivity index (χ2n) is 1.82. The van der Waals surface area contributed by atoms with Crippen LogP contribution in [0.4, 0.5) is 0 Å². The van der Waals surface area contributed by atoms with Crippen LogP contribution in [0.5, 0.6) is 0 Å². The Bertz CT molecular complexity index is 286. The minimum absolute atomic E-state index is 0. The molecule has 0 spiro atoms. The summed E-state index contributed by atoms with van der Waals surface area (Å²) < 4.78 is 5.01. The average molecular weight is 133 g/mol. The highest BCUT2D eigenvalue weighted by Gasteiger charge is 1.91. The number of hydrogen-bond acceptors (Lipinski definition) is 2. The molecule has 0 saturated carbocycles.